The van der Waals surface area contributed by atoms with Gasteiger partial charge in [-0.1, -0.05) is 11.8 Å². The average molecular weight is 278 g/mol. The van der Waals surface area contributed by atoms with Gasteiger partial charge in [-0.05, 0) is 25.3 Å². The molecule has 6 nitrogen and oxygen atoms in total. The number of thioether (sulfide) groups is 1. The fourth-order valence-electron chi connectivity index (χ4n) is 2.14. The Bertz CT molecular complexity index is 556. The first-order chi connectivity index (χ1) is 9.29. The third kappa shape index (κ3) is 2.66. The van der Waals surface area contributed by atoms with Gasteiger partial charge in [-0.3, -0.25) is 4.68 Å². The molecule has 1 aliphatic rings. The molecule has 2 aromatic rings. The molecule has 19 heavy (non-hydrogen) atoms. The van der Waals surface area contributed by atoms with Gasteiger partial charge in [0.1, 0.15) is 5.82 Å². The Balaban J connectivity index is 1.64. The van der Waals surface area contributed by atoms with Crippen molar-refractivity contribution in [3.8, 4) is 0 Å². The van der Waals surface area contributed by atoms with Crippen LogP contribution in [0.15, 0.2) is 17.4 Å². The van der Waals surface area contributed by atoms with Crippen LogP contribution >= 0.6 is 11.8 Å². The van der Waals surface area contributed by atoms with Crippen molar-refractivity contribution in [1.29, 1.82) is 0 Å². The highest BCUT2D eigenvalue weighted by atomic mass is 32.2. The van der Waals surface area contributed by atoms with Gasteiger partial charge >= 0.3 is 0 Å². The molecule has 0 bridgehead atoms. The van der Waals surface area contributed by atoms with Crippen molar-refractivity contribution in [3.63, 3.8) is 0 Å². The third-order valence-corrected chi connectivity index (χ3v) is 4.29. The molecule has 0 amide bonds. The summed E-state index contributed by atoms with van der Waals surface area (Å²) < 4.78 is 4.13. The maximum atomic E-state index is 5.71. The average Bonchev–Trinajstić information content (AvgIpc) is 3.05. The van der Waals surface area contributed by atoms with Gasteiger partial charge in [0.2, 0.25) is 0 Å². The van der Waals surface area contributed by atoms with Gasteiger partial charge in [0, 0.05) is 30.7 Å². The molecule has 0 radical (unpaired) electrons. The molecule has 1 aliphatic carbocycles. The lowest BCUT2D eigenvalue weighted by Crippen LogP contribution is -2.08. The number of rotatable bonds is 6. The first-order valence-corrected chi connectivity index (χ1v) is 7.51. The van der Waals surface area contributed by atoms with Crippen molar-refractivity contribution < 1.29 is 0 Å². The van der Waals surface area contributed by atoms with Gasteiger partial charge in [0.25, 0.3) is 0 Å². The van der Waals surface area contributed by atoms with Crippen molar-refractivity contribution in [3.05, 3.63) is 23.8 Å². The molecule has 2 N–H and O–H groups in total. The van der Waals surface area contributed by atoms with Gasteiger partial charge in [-0.2, -0.15) is 5.10 Å². The van der Waals surface area contributed by atoms with Gasteiger partial charge < -0.3 is 10.3 Å². The minimum atomic E-state index is 0.464. The zero-order chi connectivity index (χ0) is 13.2. The molecule has 2 aromatic heterocycles. The number of nitrogens with zero attached hydrogens (tertiary/aromatic N) is 5. The van der Waals surface area contributed by atoms with Crippen LogP contribution in [0.25, 0.3) is 0 Å². The molecule has 3 rings (SSSR count). The molecule has 0 atom stereocenters. The first kappa shape index (κ1) is 12.7. The summed E-state index contributed by atoms with van der Waals surface area (Å²) in [6.07, 6.45) is 5.26. The Labute approximate surface area is 116 Å². The van der Waals surface area contributed by atoms with E-state index in [-0.39, 0.29) is 0 Å². The van der Waals surface area contributed by atoms with E-state index in [2.05, 4.69) is 25.9 Å². The van der Waals surface area contributed by atoms with E-state index < -0.39 is 0 Å². The standard InChI is InChI=1S/C12H18N6S/c1-17-9(4-6-14-17)5-7-19-12-16-15-11(8-13)18(12)10-2-3-10/h4,6,10H,2-3,5,7-8,13H2,1H3. The zero-order valence-corrected chi connectivity index (χ0v) is 11.8. The Hall–Kier alpha value is -1.34. The maximum Gasteiger partial charge on any atom is 0.191 e. The molecule has 0 aliphatic heterocycles. The first-order valence-electron chi connectivity index (χ1n) is 6.53. The second kappa shape index (κ2) is 5.34. The summed E-state index contributed by atoms with van der Waals surface area (Å²) in [4.78, 5) is 0. The van der Waals surface area contributed by atoms with E-state index in [1.54, 1.807) is 11.8 Å². The van der Waals surface area contributed by atoms with Crippen LogP contribution in [-0.2, 0) is 20.0 Å². The smallest absolute Gasteiger partial charge is 0.191 e. The summed E-state index contributed by atoms with van der Waals surface area (Å²) in [5.74, 6) is 1.89. The van der Waals surface area contributed by atoms with Crippen LogP contribution in [0.5, 0.6) is 0 Å². The minimum Gasteiger partial charge on any atom is -0.324 e. The number of hydrogen-bond donors (Lipinski definition) is 1. The van der Waals surface area contributed by atoms with Crippen molar-refractivity contribution in [2.24, 2.45) is 12.8 Å². The summed E-state index contributed by atoms with van der Waals surface area (Å²) in [6, 6.07) is 2.63. The topological polar surface area (TPSA) is 74.6 Å². The highest BCUT2D eigenvalue weighted by molar-refractivity contribution is 7.99. The fourth-order valence-corrected chi connectivity index (χ4v) is 3.12. The highest BCUT2D eigenvalue weighted by Gasteiger charge is 2.29. The molecule has 1 saturated carbocycles. The molecular formula is C12H18N6S. The largest absolute Gasteiger partial charge is 0.324 e. The SMILES string of the molecule is Cn1nccc1CCSc1nnc(CN)n1C1CC1. The molecule has 0 spiro atoms. The van der Waals surface area contributed by atoms with E-state index in [4.69, 9.17) is 5.73 Å². The molecule has 1 fully saturated rings. The normalized spacial score (nSPS) is 15.1. The minimum absolute atomic E-state index is 0.464. The second-order valence-corrected chi connectivity index (χ2v) is 5.81. The van der Waals surface area contributed by atoms with Gasteiger partial charge in [0.05, 0.1) is 6.54 Å². The summed E-state index contributed by atoms with van der Waals surface area (Å²) in [6.45, 7) is 0.464. The lowest BCUT2D eigenvalue weighted by Gasteiger charge is -2.07. The third-order valence-electron chi connectivity index (χ3n) is 3.34. The van der Waals surface area contributed by atoms with Gasteiger partial charge in [0.15, 0.2) is 5.16 Å². The van der Waals surface area contributed by atoms with Crippen molar-refractivity contribution in [1.82, 2.24) is 24.5 Å². The Morgan fingerprint density at radius 2 is 2.26 bits per heavy atom. The summed E-state index contributed by atoms with van der Waals surface area (Å²) >= 11 is 1.75. The predicted molar refractivity (Wildman–Crippen MR) is 73.8 cm³/mol. The van der Waals surface area contributed by atoms with Crippen LogP contribution in [0, 0.1) is 0 Å². The summed E-state index contributed by atoms with van der Waals surface area (Å²) in [7, 11) is 1.97. The van der Waals surface area contributed by atoms with E-state index in [1.165, 1.54) is 18.5 Å². The summed E-state index contributed by atoms with van der Waals surface area (Å²) in [5, 5.41) is 13.6. The molecule has 2 heterocycles. The predicted octanol–water partition coefficient (Wildman–Crippen LogP) is 1.14. The quantitative estimate of drug-likeness (QED) is 0.802. The molecule has 0 unspecified atom stereocenters. The number of aromatic nitrogens is 5. The van der Waals surface area contributed by atoms with Crippen LogP contribution in [0.3, 0.4) is 0 Å². The lowest BCUT2D eigenvalue weighted by molar-refractivity contribution is 0.626. The zero-order valence-electron chi connectivity index (χ0n) is 11.0. The van der Waals surface area contributed by atoms with Crippen LogP contribution in [0.1, 0.15) is 30.4 Å². The monoisotopic (exact) mass is 278 g/mol. The number of nitrogens with two attached hydrogens (primary N) is 1. The highest BCUT2D eigenvalue weighted by Crippen LogP contribution is 2.38. The maximum absolute atomic E-state index is 5.71. The molecule has 0 aromatic carbocycles. The van der Waals surface area contributed by atoms with Crippen LogP contribution in [-0.4, -0.2) is 30.3 Å². The Morgan fingerprint density at radius 3 is 2.89 bits per heavy atom. The Morgan fingerprint density at radius 1 is 1.42 bits per heavy atom. The summed E-state index contributed by atoms with van der Waals surface area (Å²) in [5.41, 5.74) is 6.95. The van der Waals surface area contributed by atoms with Crippen molar-refractivity contribution in [2.75, 3.05) is 5.75 Å². The van der Waals surface area contributed by atoms with Crippen molar-refractivity contribution in [2.45, 2.75) is 37.0 Å². The van der Waals surface area contributed by atoms with Crippen molar-refractivity contribution >= 4 is 11.8 Å². The molecular weight excluding hydrogens is 260 g/mol. The fraction of sp³-hybridized carbons (Fsp3) is 0.583. The van der Waals surface area contributed by atoms with E-state index in [0.29, 0.717) is 12.6 Å². The second-order valence-electron chi connectivity index (χ2n) is 4.75. The van der Waals surface area contributed by atoms with Crippen LogP contribution in [0.2, 0.25) is 0 Å². The molecule has 102 valence electrons. The Kier molecular flexibility index (Phi) is 3.56. The van der Waals surface area contributed by atoms with E-state index in [9.17, 15) is 0 Å². The molecule has 0 saturated heterocycles. The van der Waals surface area contributed by atoms with E-state index in [0.717, 1.165) is 23.2 Å². The van der Waals surface area contributed by atoms with Gasteiger partial charge in [-0.15, -0.1) is 10.2 Å². The molecule has 7 heteroatoms. The van der Waals surface area contributed by atoms with E-state index >= 15 is 0 Å². The lowest BCUT2D eigenvalue weighted by atomic mass is 10.3. The number of aryl methyl sites for hydroxylation is 2. The van der Waals surface area contributed by atoms with Gasteiger partial charge in [-0.25, -0.2) is 0 Å². The number of hydrogen-bond acceptors (Lipinski definition) is 5. The van der Waals surface area contributed by atoms with E-state index in [1.807, 2.05) is 17.9 Å². The van der Waals surface area contributed by atoms with Crippen LogP contribution in [0.4, 0.5) is 0 Å². The van der Waals surface area contributed by atoms with Crippen LogP contribution < -0.4 is 5.73 Å².